The zero-order valence-corrected chi connectivity index (χ0v) is 19.9. The molecular formula is C25H28O13. The van der Waals surface area contributed by atoms with E-state index in [4.69, 9.17) is 13.9 Å². The lowest BCUT2D eigenvalue weighted by Crippen LogP contribution is -2.64. The fourth-order valence-corrected chi connectivity index (χ4v) is 4.15. The molecule has 0 saturated carbocycles. The van der Waals surface area contributed by atoms with Gasteiger partial charge in [-0.05, 0) is 31.2 Å². The molecule has 0 amide bonds. The maximum Gasteiger partial charge on any atom is 0.229 e. The zero-order valence-electron chi connectivity index (χ0n) is 19.9. The van der Waals surface area contributed by atoms with Crippen LogP contribution in [-0.2, 0) is 4.74 Å². The number of fused-ring (bicyclic) bond motifs is 1. The minimum atomic E-state index is -2.03. The number of phenols is 2. The molecule has 206 valence electrons. The SMILES string of the molecule is C[C@@H](O)[C@@H](O)[C@H](O)[C@@H](O)[C@H]1OC(Oc2cc(O)c3c(=O)cc(-c4ccc(O)cc4)oc3c2)[C@H](O)[C@@H](O)[C@@H]1O. The van der Waals surface area contributed by atoms with Crippen LogP contribution in [0.4, 0.5) is 0 Å². The highest BCUT2D eigenvalue weighted by Gasteiger charge is 2.50. The molecule has 0 spiro atoms. The predicted octanol–water partition coefficient (Wildman–Crippen LogP) is -1.48. The molecule has 0 bridgehead atoms. The van der Waals surface area contributed by atoms with Gasteiger partial charge in [-0.3, -0.25) is 4.79 Å². The van der Waals surface area contributed by atoms with Gasteiger partial charge in [0.2, 0.25) is 6.29 Å². The topological polar surface area (TPSA) is 231 Å². The summed E-state index contributed by atoms with van der Waals surface area (Å²) in [6.45, 7) is 1.15. The number of rotatable bonds is 7. The Morgan fingerprint density at radius 3 is 2.16 bits per heavy atom. The number of aliphatic hydroxyl groups is 7. The van der Waals surface area contributed by atoms with Crippen LogP contribution in [0.25, 0.3) is 22.3 Å². The number of hydrogen-bond acceptors (Lipinski definition) is 13. The summed E-state index contributed by atoms with van der Waals surface area (Å²) in [6, 6.07) is 9.16. The van der Waals surface area contributed by atoms with Crippen molar-refractivity contribution < 1.29 is 59.8 Å². The van der Waals surface area contributed by atoms with Crippen LogP contribution in [0.5, 0.6) is 17.2 Å². The van der Waals surface area contributed by atoms with Gasteiger partial charge in [-0.1, -0.05) is 0 Å². The smallest absolute Gasteiger partial charge is 0.229 e. The highest BCUT2D eigenvalue weighted by Crippen LogP contribution is 2.34. The number of aromatic hydroxyl groups is 2. The molecule has 1 unspecified atom stereocenters. The van der Waals surface area contributed by atoms with E-state index in [-0.39, 0.29) is 28.2 Å². The van der Waals surface area contributed by atoms with Gasteiger partial charge < -0.3 is 59.8 Å². The van der Waals surface area contributed by atoms with Crippen LogP contribution in [-0.4, -0.2) is 101 Å². The first-order chi connectivity index (χ1) is 17.9. The molecule has 1 aliphatic rings. The van der Waals surface area contributed by atoms with E-state index in [1.54, 1.807) is 0 Å². The van der Waals surface area contributed by atoms with Gasteiger partial charge in [-0.2, -0.15) is 0 Å². The van der Waals surface area contributed by atoms with E-state index in [9.17, 15) is 50.8 Å². The molecule has 9 atom stereocenters. The highest BCUT2D eigenvalue weighted by molar-refractivity contribution is 5.86. The van der Waals surface area contributed by atoms with Crippen LogP contribution in [0.15, 0.2) is 51.7 Å². The fraction of sp³-hybridized carbons (Fsp3) is 0.400. The maximum absolute atomic E-state index is 12.7. The molecular weight excluding hydrogens is 508 g/mol. The van der Waals surface area contributed by atoms with E-state index >= 15 is 0 Å². The Morgan fingerprint density at radius 2 is 1.53 bits per heavy atom. The van der Waals surface area contributed by atoms with Crippen molar-refractivity contribution in [2.24, 2.45) is 0 Å². The van der Waals surface area contributed by atoms with Gasteiger partial charge in [0.25, 0.3) is 0 Å². The lowest BCUT2D eigenvalue weighted by Gasteiger charge is -2.43. The van der Waals surface area contributed by atoms with Crippen molar-refractivity contribution in [3.63, 3.8) is 0 Å². The Labute approximate surface area is 214 Å². The van der Waals surface area contributed by atoms with Gasteiger partial charge in [0.05, 0.1) is 6.10 Å². The summed E-state index contributed by atoms with van der Waals surface area (Å²) >= 11 is 0. The fourth-order valence-electron chi connectivity index (χ4n) is 4.15. The summed E-state index contributed by atoms with van der Waals surface area (Å²) < 4.78 is 16.7. The van der Waals surface area contributed by atoms with Crippen LogP contribution in [0.2, 0.25) is 0 Å². The molecule has 3 aromatic rings. The molecule has 2 aromatic carbocycles. The van der Waals surface area contributed by atoms with E-state index < -0.39 is 66.3 Å². The number of hydrogen-bond donors (Lipinski definition) is 9. The first-order valence-electron chi connectivity index (χ1n) is 11.6. The average Bonchev–Trinajstić information content (AvgIpc) is 2.87. The van der Waals surface area contributed by atoms with Gasteiger partial charge in [-0.25, -0.2) is 0 Å². The minimum absolute atomic E-state index is 0.000106. The molecule has 1 aromatic heterocycles. The van der Waals surface area contributed by atoms with Gasteiger partial charge >= 0.3 is 0 Å². The number of phenolic OH excluding ortho intramolecular Hbond substituents is 2. The third kappa shape index (κ3) is 5.32. The molecule has 4 rings (SSSR count). The summed E-state index contributed by atoms with van der Waals surface area (Å²) in [5, 5.41) is 90.7. The second-order valence-corrected chi connectivity index (χ2v) is 9.11. The molecule has 2 heterocycles. The largest absolute Gasteiger partial charge is 0.508 e. The number of aliphatic hydroxyl groups excluding tert-OH is 7. The third-order valence-corrected chi connectivity index (χ3v) is 6.32. The van der Waals surface area contributed by atoms with Crippen LogP contribution in [0.1, 0.15) is 6.92 Å². The van der Waals surface area contributed by atoms with Gasteiger partial charge in [0.15, 0.2) is 5.43 Å². The summed E-state index contributed by atoms with van der Waals surface area (Å²) in [7, 11) is 0. The molecule has 13 heteroatoms. The Bertz CT molecular complexity index is 1320. The van der Waals surface area contributed by atoms with Crippen molar-refractivity contribution in [1.82, 2.24) is 0 Å². The van der Waals surface area contributed by atoms with E-state index in [2.05, 4.69) is 0 Å². The van der Waals surface area contributed by atoms with Crippen molar-refractivity contribution in [3.8, 4) is 28.6 Å². The summed E-state index contributed by atoms with van der Waals surface area (Å²) in [4.78, 5) is 12.7. The van der Waals surface area contributed by atoms with Crippen LogP contribution >= 0.6 is 0 Å². The standard InChI is InChI=1S/C25H28O13/c1-9(26)18(30)19(31)21(33)24-22(34)20(32)23(35)25(38-24)36-12-6-13(28)17-14(29)8-15(37-16(17)7-12)10-2-4-11(27)5-3-10/h2-9,18-28,30-35H,1H3/t9-,18-,19+,20+,21-,22+,23-,24-,25?/m1/s1. The second-order valence-electron chi connectivity index (χ2n) is 9.11. The third-order valence-electron chi connectivity index (χ3n) is 6.32. The number of ether oxygens (including phenoxy) is 2. The minimum Gasteiger partial charge on any atom is -0.508 e. The Hall–Kier alpha value is -3.27. The first-order valence-corrected chi connectivity index (χ1v) is 11.6. The Kier molecular flexibility index (Phi) is 7.92. The van der Waals surface area contributed by atoms with E-state index in [0.717, 1.165) is 19.1 Å². The van der Waals surface area contributed by atoms with Gasteiger partial charge in [0.1, 0.15) is 76.7 Å². The average molecular weight is 536 g/mol. The van der Waals surface area contributed by atoms with Crippen molar-refractivity contribution in [1.29, 1.82) is 0 Å². The predicted molar refractivity (Wildman–Crippen MR) is 128 cm³/mol. The molecule has 0 radical (unpaired) electrons. The van der Waals surface area contributed by atoms with Crippen LogP contribution in [0.3, 0.4) is 0 Å². The zero-order chi connectivity index (χ0) is 27.9. The Balaban J connectivity index is 1.64. The summed E-state index contributed by atoms with van der Waals surface area (Å²) in [5.74, 6) is -0.631. The molecule has 1 aliphatic heterocycles. The van der Waals surface area contributed by atoms with Crippen molar-refractivity contribution in [3.05, 3.63) is 52.7 Å². The van der Waals surface area contributed by atoms with E-state index in [0.29, 0.717) is 5.56 Å². The lowest BCUT2D eigenvalue weighted by molar-refractivity contribution is -0.298. The quantitative estimate of drug-likeness (QED) is 0.168. The van der Waals surface area contributed by atoms with E-state index in [1.807, 2.05) is 0 Å². The molecule has 13 nitrogen and oxygen atoms in total. The molecule has 1 saturated heterocycles. The lowest BCUT2D eigenvalue weighted by atomic mass is 9.90. The second kappa shape index (κ2) is 10.8. The van der Waals surface area contributed by atoms with Crippen molar-refractivity contribution >= 4 is 11.0 Å². The van der Waals surface area contributed by atoms with Crippen molar-refractivity contribution in [2.45, 2.75) is 62.0 Å². The van der Waals surface area contributed by atoms with Crippen LogP contribution in [0, 0.1) is 0 Å². The monoisotopic (exact) mass is 536 g/mol. The molecule has 9 N–H and O–H groups in total. The normalized spacial score (nSPS) is 27.0. The van der Waals surface area contributed by atoms with Crippen molar-refractivity contribution in [2.75, 3.05) is 0 Å². The highest BCUT2D eigenvalue weighted by atomic mass is 16.7. The van der Waals surface area contributed by atoms with E-state index in [1.165, 1.54) is 30.3 Å². The Morgan fingerprint density at radius 1 is 0.868 bits per heavy atom. The van der Waals surface area contributed by atoms with Crippen LogP contribution < -0.4 is 10.2 Å². The summed E-state index contributed by atoms with van der Waals surface area (Å²) in [6.07, 6.45) is -16.6. The number of benzene rings is 2. The molecule has 1 fully saturated rings. The molecule has 38 heavy (non-hydrogen) atoms. The van der Waals surface area contributed by atoms with Gasteiger partial charge in [0, 0.05) is 23.8 Å². The maximum atomic E-state index is 12.7. The van der Waals surface area contributed by atoms with Gasteiger partial charge in [-0.15, -0.1) is 0 Å². The molecule has 0 aliphatic carbocycles. The summed E-state index contributed by atoms with van der Waals surface area (Å²) in [5.41, 5.74) is -0.251. The first kappa shape index (κ1) is 27.8.